The van der Waals surface area contributed by atoms with Crippen LogP contribution in [0.3, 0.4) is 0 Å². The number of aromatic nitrogens is 2. The number of hydrogen-bond donors (Lipinski definition) is 1. The molecule has 1 heterocycles. The molecule has 0 saturated heterocycles. The average Bonchev–Trinajstić information content (AvgIpc) is 2.77. The smallest absolute Gasteiger partial charge is 0.129 e. The zero-order valence-corrected chi connectivity index (χ0v) is 13.2. The van der Waals surface area contributed by atoms with Crippen LogP contribution in [0, 0.1) is 5.82 Å². The summed E-state index contributed by atoms with van der Waals surface area (Å²) in [7, 11) is 1.61. The summed E-state index contributed by atoms with van der Waals surface area (Å²) in [6, 6.07) is 3.81. The van der Waals surface area contributed by atoms with Crippen molar-refractivity contribution < 1.29 is 9.13 Å². The predicted molar refractivity (Wildman–Crippen MR) is 79.2 cm³/mol. The van der Waals surface area contributed by atoms with Crippen LogP contribution in [0.4, 0.5) is 4.39 Å². The number of hydrogen-bond acceptors (Lipinski definition) is 3. The molecule has 2 N–H and O–H groups in total. The van der Waals surface area contributed by atoms with Gasteiger partial charge in [0.05, 0.1) is 35.6 Å². The van der Waals surface area contributed by atoms with Gasteiger partial charge in [0, 0.05) is 17.7 Å². The van der Waals surface area contributed by atoms with Crippen LogP contribution in [-0.2, 0) is 11.3 Å². The van der Waals surface area contributed by atoms with E-state index in [0.717, 1.165) is 4.47 Å². The van der Waals surface area contributed by atoms with E-state index in [-0.39, 0.29) is 0 Å². The second-order valence-corrected chi connectivity index (χ2v) is 5.53. The van der Waals surface area contributed by atoms with Gasteiger partial charge in [0.25, 0.3) is 0 Å². The molecule has 0 amide bonds. The minimum atomic E-state index is -0.638. The van der Waals surface area contributed by atoms with Gasteiger partial charge in [0.15, 0.2) is 0 Å². The molecule has 7 heteroatoms. The van der Waals surface area contributed by atoms with Crippen molar-refractivity contribution in [2.24, 2.45) is 5.73 Å². The minimum Gasteiger partial charge on any atom is -0.383 e. The van der Waals surface area contributed by atoms with Crippen molar-refractivity contribution in [3.05, 3.63) is 51.0 Å². The summed E-state index contributed by atoms with van der Waals surface area (Å²) in [6.45, 7) is 1.04. The maximum Gasteiger partial charge on any atom is 0.129 e. The zero-order valence-electron chi connectivity index (χ0n) is 10.8. The van der Waals surface area contributed by atoms with E-state index >= 15 is 0 Å². The van der Waals surface area contributed by atoms with Crippen LogP contribution in [0.15, 0.2) is 28.9 Å². The fraction of sp³-hybridized carbons (Fsp3) is 0.308. The van der Waals surface area contributed by atoms with Crippen molar-refractivity contribution >= 4 is 27.5 Å². The fourth-order valence-corrected chi connectivity index (χ4v) is 2.64. The number of ether oxygens (including phenoxy) is 1. The quantitative estimate of drug-likeness (QED) is 0.889. The van der Waals surface area contributed by atoms with Crippen LogP contribution in [0.25, 0.3) is 0 Å². The highest BCUT2D eigenvalue weighted by atomic mass is 79.9. The average molecular weight is 363 g/mol. The van der Waals surface area contributed by atoms with Crippen LogP contribution < -0.4 is 5.73 Å². The first kappa shape index (κ1) is 15.4. The number of rotatable bonds is 5. The second-order valence-electron chi connectivity index (χ2n) is 4.24. The first-order valence-corrected chi connectivity index (χ1v) is 7.12. The molecule has 0 spiro atoms. The predicted octanol–water partition coefficient (Wildman–Crippen LogP) is 3.13. The lowest BCUT2D eigenvalue weighted by atomic mass is 10.0. The van der Waals surface area contributed by atoms with E-state index in [1.165, 1.54) is 6.07 Å². The Bertz CT molecular complexity index is 605. The Morgan fingerprint density at radius 2 is 2.30 bits per heavy atom. The van der Waals surface area contributed by atoms with E-state index in [1.54, 1.807) is 30.1 Å². The number of benzene rings is 1. The zero-order chi connectivity index (χ0) is 14.7. The normalized spacial score (nSPS) is 12.7. The van der Waals surface area contributed by atoms with Crippen LogP contribution >= 0.6 is 27.5 Å². The summed E-state index contributed by atoms with van der Waals surface area (Å²) in [6.07, 6.45) is 1.64. The molecule has 108 valence electrons. The lowest BCUT2D eigenvalue weighted by molar-refractivity contribution is 0.182. The van der Waals surface area contributed by atoms with Gasteiger partial charge in [-0.2, -0.15) is 5.10 Å². The molecule has 1 atom stereocenters. The van der Waals surface area contributed by atoms with Gasteiger partial charge in [-0.05, 0) is 28.1 Å². The number of methoxy groups -OCH3 is 1. The van der Waals surface area contributed by atoms with Crippen molar-refractivity contribution in [1.29, 1.82) is 0 Å². The number of halogens is 3. The molecule has 0 aliphatic rings. The Hall–Kier alpha value is -0.950. The molecule has 4 nitrogen and oxygen atoms in total. The van der Waals surface area contributed by atoms with Gasteiger partial charge in [-0.1, -0.05) is 17.7 Å². The standard InChI is InChI=1S/C13H14BrClFN3O/c1-20-5-4-19-13(10(14)7-18-19)12(17)9-3-2-8(15)6-11(9)16/h2-3,6-7,12H,4-5,17H2,1H3. The highest BCUT2D eigenvalue weighted by Gasteiger charge is 2.21. The number of nitrogens with zero attached hydrogens (tertiary/aromatic N) is 2. The molecule has 0 fully saturated rings. The lowest BCUT2D eigenvalue weighted by Crippen LogP contribution is -2.20. The molecule has 2 aromatic rings. The Labute approximate surface area is 129 Å². The highest BCUT2D eigenvalue weighted by Crippen LogP contribution is 2.29. The summed E-state index contributed by atoms with van der Waals surface area (Å²) in [5, 5.41) is 4.55. The Morgan fingerprint density at radius 1 is 1.55 bits per heavy atom. The van der Waals surface area contributed by atoms with E-state index in [0.29, 0.717) is 29.4 Å². The summed E-state index contributed by atoms with van der Waals surface area (Å²) in [5.41, 5.74) is 7.24. The third-order valence-electron chi connectivity index (χ3n) is 2.93. The van der Waals surface area contributed by atoms with E-state index in [9.17, 15) is 4.39 Å². The summed E-state index contributed by atoms with van der Waals surface area (Å²) in [4.78, 5) is 0. The van der Waals surface area contributed by atoms with Crippen LogP contribution in [0.1, 0.15) is 17.3 Å². The van der Waals surface area contributed by atoms with Crippen molar-refractivity contribution in [3.63, 3.8) is 0 Å². The van der Waals surface area contributed by atoms with Gasteiger partial charge < -0.3 is 10.5 Å². The topological polar surface area (TPSA) is 53.1 Å². The van der Waals surface area contributed by atoms with Crippen LogP contribution in [-0.4, -0.2) is 23.5 Å². The summed E-state index contributed by atoms with van der Waals surface area (Å²) < 4.78 is 21.4. The van der Waals surface area contributed by atoms with Crippen molar-refractivity contribution in [2.45, 2.75) is 12.6 Å². The third kappa shape index (κ3) is 3.20. The molecule has 0 aliphatic heterocycles. The van der Waals surface area contributed by atoms with Crippen LogP contribution in [0.2, 0.25) is 5.02 Å². The molecule has 1 aromatic carbocycles. The van der Waals surface area contributed by atoms with Gasteiger partial charge in [0.1, 0.15) is 5.82 Å². The highest BCUT2D eigenvalue weighted by molar-refractivity contribution is 9.10. The number of nitrogens with two attached hydrogens (primary N) is 1. The van der Waals surface area contributed by atoms with E-state index in [2.05, 4.69) is 21.0 Å². The Kier molecular flexibility index (Phi) is 5.15. The molecule has 2 rings (SSSR count). The largest absolute Gasteiger partial charge is 0.383 e. The molecule has 1 aromatic heterocycles. The summed E-state index contributed by atoms with van der Waals surface area (Å²) in [5.74, 6) is -0.434. The van der Waals surface area contributed by atoms with Gasteiger partial charge in [0.2, 0.25) is 0 Å². The minimum absolute atomic E-state index is 0.338. The first-order valence-electron chi connectivity index (χ1n) is 5.95. The lowest BCUT2D eigenvalue weighted by Gasteiger charge is -2.16. The van der Waals surface area contributed by atoms with Crippen molar-refractivity contribution in [1.82, 2.24) is 9.78 Å². The van der Waals surface area contributed by atoms with Crippen LogP contribution in [0.5, 0.6) is 0 Å². The molecule has 20 heavy (non-hydrogen) atoms. The van der Waals surface area contributed by atoms with E-state index in [1.807, 2.05) is 0 Å². The molecule has 1 unspecified atom stereocenters. The Morgan fingerprint density at radius 3 is 2.95 bits per heavy atom. The molecule has 0 aliphatic carbocycles. The van der Waals surface area contributed by atoms with E-state index in [4.69, 9.17) is 22.1 Å². The SMILES string of the molecule is COCCn1ncc(Br)c1C(N)c1ccc(Cl)cc1F. The van der Waals surface area contributed by atoms with Crippen molar-refractivity contribution in [2.75, 3.05) is 13.7 Å². The molecular weight excluding hydrogens is 349 g/mol. The molecule has 0 radical (unpaired) electrons. The monoisotopic (exact) mass is 361 g/mol. The second kappa shape index (κ2) is 6.67. The Balaban J connectivity index is 2.37. The molecular formula is C13H14BrClFN3O. The third-order valence-corrected chi connectivity index (χ3v) is 3.78. The maximum absolute atomic E-state index is 14.0. The van der Waals surface area contributed by atoms with E-state index < -0.39 is 11.9 Å². The maximum atomic E-state index is 14.0. The van der Waals surface area contributed by atoms with Gasteiger partial charge in [-0.25, -0.2) is 4.39 Å². The fourth-order valence-electron chi connectivity index (χ4n) is 1.94. The molecule has 0 saturated carbocycles. The summed E-state index contributed by atoms with van der Waals surface area (Å²) >= 11 is 9.15. The molecule has 0 bridgehead atoms. The van der Waals surface area contributed by atoms with Gasteiger partial charge in [-0.15, -0.1) is 0 Å². The van der Waals surface area contributed by atoms with Crippen molar-refractivity contribution in [3.8, 4) is 0 Å². The first-order chi connectivity index (χ1) is 9.54. The van der Waals surface area contributed by atoms with Gasteiger partial charge in [-0.3, -0.25) is 4.68 Å². The van der Waals surface area contributed by atoms with Gasteiger partial charge >= 0.3 is 0 Å².